The van der Waals surface area contributed by atoms with Crippen molar-refractivity contribution in [3.05, 3.63) is 35.4 Å². The van der Waals surface area contributed by atoms with Crippen LogP contribution >= 0.6 is 0 Å². The predicted octanol–water partition coefficient (Wildman–Crippen LogP) is 3.52. The average molecular weight is 331 g/mol. The number of rotatable bonds is 7. The number of hydrogen-bond acceptors (Lipinski definition) is 2. The van der Waals surface area contributed by atoms with Gasteiger partial charge in [-0.1, -0.05) is 37.1 Å². The molecule has 1 fully saturated rings. The minimum Gasteiger partial charge on any atom is -0.357 e. The van der Waals surface area contributed by atoms with Crippen LogP contribution in [-0.2, 0) is 13.1 Å². The maximum absolute atomic E-state index is 4.84. The van der Waals surface area contributed by atoms with Gasteiger partial charge in [0.2, 0.25) is 0 Å². The van der Waals surface area contributed by atoms with E-state index in [-0.39, 0.29) is 0 Å². The second-order valence-corrected chi connectivity index (χ2v) is 7.10. The van der Waals surface area contributed by atoms with E-state index in [1.807, 2.05) is 0 Å². The third-order valence-electron chi connectivity index (χ3n) is 4.87. The molecule has 0 amide bonds. The number of hydrogen-bond donors (Lipinski definition) is 2. The zero-order chi connectivity index (χ0) is 17.4. The molecule has 4 nitrogen and oxygen atoms in total. The normalized spacial score (nSPS) is 16.2. The average Bonchev–Trinajstić information content (AvgIpc) is 3.07. The van der Waals surface area contributed by atoms with E-state index in [0.29, 0.717) is 12.1 Å². The molecule has 1 aliphatic carbocycles. The molecule has 1 aromatic carbocycles. The molecule has 1 saturated carbocycles. The molecule has 2 N–H and O–H groups in total. The summed E-state index contributed by atoms with van der Waals surface area (Å²) in [6.07, 6.45) is 5.20. The molecule has 0 aliphatic heterocycles. The zero-order valence-electron chi connectivity index (χ0n) is 15.8. The molecule has 0 saturated heterocycles. The number of benzene rings is 1. The van der Waals surface area contributed by atoms with Gasteiger partial charge in [0, 0.05) is 25.2 Å². The molecule has 24 heavy (non-hydrogen) atoms. The third-order valence-corrected chi connectivity index (χ3v) is 4.87. The predicted molar refractivity (Wildman–Crippen MR) is 103 cm³/mol. The molecule has 0 aromatic heterocycles. The van der Waals surface area contributed by atoms with Crippen molar-refractivity contribution in [2.24, 2.45) is 4.99 Å². The van der Waals surface area contributed by atoms with E-state index < -0.39 is 0 Å². The molecule has 2 rings (SSSR count). The molecule has 0 radical (unpaired) electrons. The van der Waals surface area contributed by atoms with E-state index in [2.05, 4.69) is 67.6 Å². The SMILES string of the molecule is CCNC(=NCc1ccccc1CN(C)C(C)C)NC1CCCC1. The Labute approximate surface area is 147 Å². The van der Waals surface area contributed by atoms with E-state index in [9.17, 15) is 0 Å². The van der Waals surface area contributed by atoms with Crippen LogP contribution in [0.15, 0.2) is 29.3 Å². The van der Waals surface area contributed by atoms with Crippen LogP contribution in [0, 0.1) is 0 Å². The second kappa shape index (κ2) is 9.67. The van der Waals surface area contributed by atoms with E-state index in [4.69, 9.17) is 4.99 Å². The molecule has 134 valence electrons. The molecule has 0 heterocycles. The molecule has 1 aliphatic rings. The van der Waals surface area contributed by atoms with Crippen molar-refractivity contribution in [3.8, 4) is 0 Å². The standard InChI is InChI=1S/C20H34N4/c1-5-21-20(23-19-12-8-9-13-19)22-14-17-10-6-7-11-18(17)15-24(4)16(2)3/h6-7,10-11,16,19H,5,8-9,12-15H2,1-4H3,(H2,21,22,23). The highest BCUT2D eigenvalue weighted by molar-refractivity contribution is 5.80. The summed E-state index contributed by atoms with van der Waals surface area (Å²) in [7, 11) is 2.18. The maximum Gasteiger partial charge on any atom is 0.191 e. The van der Waals surface area contributed by atoms with Crippen molar-refractivity contribution < 1.29 is 0 Å². The summed E-state index contributed by atoms with van der Waals surface area (Å²) in [6, 6.07) is 9.79. The van der Waals surface area contributed by atoms with Crippen molar-refractivity contribution in [2.45, 2.75) is 71.6 Å². The first-order chi connectivity index (χ1) is 11.6. The highest BCUT2D eigenvalue weighted by Crippen LogP contribution is 2.18. The van der Waals surface area contributed by atoms with E-state index >= 15 is 0 Å². The minimum absolute atomic E-state index is 0.544. The maximum atomic E-state index is 4.84. The summed E-state index contributed by atoms with van der Waals surface area (Å²) in [6.45, 7) is 9.18. The molecular weight excluding hydrogens is 296 g/mol. The highest BCUT2D eigenvalue weighted by Gasteiger charge is 2.16. The van der Waals surface area contributed by atoms with Crippen LogP contribution in [0.2, 0.25) is 0 Å². The first-order valence-corrected chi connectivity index (χ1v) is 9.42. The van der Waals surface area contributed by atoms with Gasteiger partial charge in [-0.3, -0.25) is 4.90 Å². The van der Waals surface area contributed by atoms with E-state index in [1.54, 1.807) is 0 Å². The number of guanidine groups is 1. The summed E-state index contributed by atoms with van der Waals surface area (Å²) in [5.41, 5.74) is 2.68. The molecular formula is C20H34N4. The zero-order valence-corrected chi connectivity index (χ0v) is 15.8. The van der Waals surface area contributed by atoms with E-state index in [0.717, 1.165) is 25.6 Å². The Balaban J connectivity index is 2.04. The van der Waals surface area contributed by atoms with Gasteiger partial charge >= 0.3 is 0 Å². The van der Waals surface area contributed by atoms with Crippen LogP contribution in [-0.4, -0.2) is 36.5 Å². The Morgan fingerprint density at radius 1 is 1.21 bits per heavy atom. The van der Waals surface area contributed by atoms with Crippen LogP contribution < -0.4 is 10.6 Å². The molecule has 0 bridgehead atoms. The first kappa shape index (κ1) is 18.8. The molecule has 0 unspecified atom stereocenters. The van der Waals surface area contributed by atoms with Gasteiger partial charge in [-0.15, -0.1) is 0 Å². The van der Waals surface area contributed by atoms with Gasteiger partial charge in [0.05, 0.1) is 6.54 Å². The van der Waals surface area contributed by atoms with Crippen LogP contribution in [0.3, 0.4) is 0 Å². The van der Waals surface area contributed by atoms with E-state index in [1.165, 1.54) is 36.8 Å². The molecule has 1 aromatic rings. The molecule has 0 spiro atoms. The number of nitrogens with one attached hydrogen (secondary N) is 2. The lowest BCUT2D eigenvalue weighted by Crippen LogP contribution is -2.42. The van der Waals surface area contributed by atoms with Crippen molar-refractivity contribution in [3.63, 3.8) is 0 Å². The summed E-state index contributed by atoms with van der Waals surface area (Å²) < 4.78 is 0. The van der Waals surface area contributed by atoms with Crippen LogP contribution in [0.5, 0.6) is 0 Å². The van der Waals surface area contributed by atoms with Crippen molar-refractivity contribution >= 4 is 5.96 Å². The number of aliphatic imine (C=N–C) groups is 1. The third kappa shape index (κ3) is 5.82. The first-order valence-electron chi connectivity index (χ1n) is 9.42. The topological polar surface area (TPSA) is 39.7 Å². The second-order valence-electron chi connectivity index (χ2n) is 7.10. The van der Waals surface area contributed by atoms with Gasteiger partial charge in [-0.25, -0.2) is 4.99 Å². The summed E-state index contributed by atoms with van der Waals surface area (Å²) in [4.78, 5) is 7.20. The van der Waals surface area contributed by atoms with Crippen molar-refractivity contribution in [1.82, 2.24) is 15.5 Å². The van der Waals surface area contributed by atoms with Gasteiger partial charge in [0.25, 0.3) is 0 Å². The van der Waals surface area contributed by atoms with Crippen LogP contribution in [0.25, 0.3) is 0 Å². The monoisotopic (exact) mass is 330 g/mol. The Kier molecular flexibility index (Phi) is 7.57. The minimum atomic E-state index is 0.544. The highest BCUT2D eigenvalue weighted by atomic mass is 15.2. The summed E-state index contributed by atoms with van der Waals surface area (Å²) in [5, 5.41) is 6.98. The molecule has 0 atom stereocenters. The fourth-order valence-electron chi connectivity index (χ4n) is 3.07. The van der Waals surface area contributed by atoms with Crippen molar-refractivity contribution in [2.75, 3.05) is 13.6 Å². The fraction of sp³-hybridized carbons (Fsp3) is 0.650. The van der Waals surface area contributed by atoms with Gasteiger partial charge in [0.15, 0.2) is 5.96 Å². The molecule has 4 heteroatoms. The Hall–Kier alpha value is -1.55. The van der Waals surface area contributed by atoms with Crippen LogP contribution in [0.1, 0.15) is 57.6 Å². The van der Waals surface area contributed by atoms with Gasteiger partial charge in [-0.2, -0.15) is 0 Å². The Morgan fingerprint density at radius 2 is 1.88 bits per heavy atom. The van der Waals surface area contributed by atoms with Crippen molar-refractivity contribution in [1.29, 1.82) is 0 Å². The fourth-order valence-corrected chi connectivity index (χ4v) is 3.07. The van der Waals surface area contributed by atoms with Gasteiger partial charge < -0.3 is 10.6 Å². The Bertz CT molecular complexity index is 518. The Morgan fingerprint density at radius 3 is 2.50 bits per heavy atom. The lowest BCUT2D eigenvalue weighted by atomic mass is 10.1. The largest absolute Gasteiger partial charge is 0.357 e. The summed E-state index contributed by atoms with van der Waals surface area (Å²) in [5.74, 6) is 0.955. The lowest BCUT2D eigenvalue weighted by molar-refractivity contribution is 0.265. The lowest BCUT2D eigenvalue weighted by Gasteiger charge is -2.22. The van der Waals surface area contributed by atoms with Gasteiger partial charge in [0.1, 0.15) is 0 Å². The smallest absolute Gasteiger partial charge is 0.191 e. The summed E-state index contributed by atoms with van der Waals surface area (Å²) >= 11 is 0. The quantitative estimate of drug-likeness (QED) is 0.593. The number of nitrogens with zero attached hydrogens (tertiary/aromatic N) is 2. The van der Waals surface area contributed by atoms with Gasteiger partial charge in [-0.05, 0) is 51.8 Å². The van der Waals surface area contributed by atoms with Crippen LogP contribution in [0.4, 0.5) is 0 Å².